The largest absolute Gasteiger partial charge is 0.332 e. The standard InChI is InChI=1S/C5H5ClF2N2/c1-10-2-3(6)9-5(10)4(7)8/h2,4H,1H3. The topological polar surface area (TPSA) is 17.8 Å². The molecule has 0 amide bonds. The fraction of sp³-hybridized carbons (Fsp3) is 0.400. The van der Waals surface area contributed by atoms with Crippen molar-refractivity contribution in [1.82, 2.24) is 9.55 Å². The summed E-state index contributed by atoms with van der Waals surface area (Å²) in [5.41, 5.74) is 0. The zero-order valence-corrected chi connectivity index (χ0v) is 5.94. The molecule has 1 aromatic rings. The monoisotopic (exact) mass is 166 g/mol. The van der Waals surface area contributed by atoms with E-state index in [9.17, 15) is 8.78 Å². The van der Waals surface area contributed by atoms with Crippen molar-refractivity contribution in [1.29, 1.82) is 0 Å². The molecular formula is C5H5ClF2N2. The van der Waals surface area contributed by atoms with Crippen LogP contribution in [0.4, 0.5) is 8.78 Å². The average molecular weight is 167 g/mol. The Labute approximate surface area is 61.4 Å². The van der Waals surface area contributed by atoms with Crippen LogP contribution in [0, 0.1) is 0 Å². The molecule has 1 rings (SSSR count). The molecule has 10 heavy (non-hydrogen) atoms. The van der Waals surface area contributed by atoms with Gasteiger partial charge in [0, 0.05) is 13.2 Å². The van der Waals surface area contributed by atoms with Crippen LogP contribution < -0.4 is 0 Å². The maximum Gasteiger partial charge on any atom is 0.295 e. The summed E-state index contributed by atoms with van der Waals surface area (Å²) >= 11 is 5.34. The lowest BCUT2D eigenvalue weighted by atomic mass is 10.6. The van der Waals surface area contributed by atoms with Gasteiger partial charge in [-0.05, 0) is 0 Å². The molecule has 0 radical (unpaired) electrons. The highest BCUT2D eigenvalue weighted by Crippen LogP contribution is 2.18. The van der Waals surface area contributed by atoms with E-state index >= 15 is 0 Å². The second-order valence-corrected chi connectivity index (χ2v) is 2.22. The number of rotatable bonds is 1. The Balaban J connectivity index is 3.03. The van der Waals surface area contributed by atoms with Crippen molar-refractivity contribution in [2.75, 3.05) is 0 Å². The second-order valence-electron chi connectivity index (χ2n) is 1.83. The minimum Gasteiger partial charge on any atom is -0.332 e. The quantitative estimate of drug-likeness (QED) is 0.624. The SMILES string of the molecule is Cn1cc(Cl)nc1C(F)F. The molecule has 0 unspecified atom stereocenters. The van der Waals surface area contributed by atoms with Gasteiger partial charge in [0.1, 0.15) is 5.15 Å². The third-order valence-electron chi connectivity index (χ3n) is 1.08. The van der Waals surface area contributed by atoms with Crippen molar-refractivity contribution >= 4 is 11.6 Å². The molecule has 0 atom stereocenters. The van der Waals surface area contributed by atoms with E-state index in [-0.39, 0.29) is 11.0 Å². The van der Waals surface area contributed by atoms with E-state index in [1.54, 1.807) is 0 Å². The molecule has 0 saturated heterocycles. The number of hydrogen-bond donors (Lipinski definition) is 0. The first kappa shape index (κ1) is 7.47. The molecule has 0 aliphatic carbocycles. The Kier molecular flexibility index (Phi) is 1.89. The Hall–Kier alpha value is -0.640. The van der Waals surface area contributed by atoms with Crippen LogP contribution in [0.2, 0.25) is 5.15 Å². The van der Waals surface area contributed by atoms with Crippen molar-refractivity contribution in [3.63, 3.8) is 0 Å². The van der Waals surface area contributed by atoms with Gasteiger partial charge in [-0.3, -0.25) is 0 Å². The number of aryl methyl sites for hydroxylation is 1. The van der Waals surface area contributed by atoms with Gasteiger partial charge in [0.2, 0.25) is 0 Å². The van der Waals surface area contributed by atoms with Crippen molar-refractivity contribution in [2.24, 2.45) is 7.05 Å². The van der Waals surface area contributed by atoms with Crippen LogP contribution in [0.5, 0.6) is 0 Å². The molecule has 0 saturated carbocycles. The average Bonchev–Trinajstić information content (AvgIpc) is 2.10. The Morgan fingerprint density at radius 1 is 1.70 bits per heavy atom. The van der Waals surface area contributed by atoms with Crippen LogP contribution in [0.15, 0.2) is 6.20 Å². The minimum atomic E-state index is -2.56. The van der Waals surface area contributed by atoms with Crippen molar-refractivity contribution in [3.8, 4) is 0 Å². The summed E-state index contributed by atoms with van der Waals surface area (Å²) in [5, 5.41) is 0.0952. The first-order valence-electron chi connectivity index (χ1n) is 2.58. The maximum absolute atomic E-state index is 11.9. The van der Waals surface area contributed by atoms with Crippen molar-refractivity contribution in [3.05, 3.63) is 17.2 Å². The van der Waals surface area contributed by atoms with E-state index in [0.717, 1.165) is 0 Å². The smallest absolute Gasteiger partial charge is 0.295 e. The van der Waals surface area contributed by atoms with Crippen LogP contribution in [-0.2, 0) is 7.05 Å². The maximum atomic E-state index is 11.9. The lowest BCUT2D eigenvalue weighted by molar-refractivity contribution is 0.137. The summed E-state index contributed by atoms with van der Waals surface area (Å²) in [4.78, 5) is 3.39. The van der Waals surface area contributed by atoms with E-state index in [0.29, 0.717) is 0 Å². The molecule has 0 aromatic carbocycles. The Bertz CT molecular complexity index is 234. The molecule has 0 bridgehead atoms. The van der Waals surface area contributed by atoms with Gasteiger partial charge in [0.25, 0.3) is 6.43 Å². The number of aromatic nitrogens is 2. The molecular weight excluding hydrogens is 162 g/mol. The zero-order valence-electron chi connectivity index (χ0n) is 5.18. The van der Waals surface area contributed by atoms with E-state index in [2.05, 4.69) is 4.98 Å². The van der Waals surface area contributed by atoms with Gasteiger partial charge in [-0.15, -0.1) is 0 Å². The number of halogens is 3. The van der Waals surface area contributed by atoms with E-state index < -0.39 is 6.43 Å². The predicted molar refractivity (Wildman–Crippen MR) is 33.2 cm³/mol. The van der Waals surface area contributed by atoms with Crippen LogP contribution in [0.3, 0.4) is 0 Å². The summed E-state index contributed by atoms with van der Waals surface area (Å²) < 4.78 is 25.0. The van der Waals surface area contributed by atoms with E-state index in [4.69, 9.17) is 11.6 Å². The minimum absolute atomic E-state index is 0.0952. The van der Waals surface area contributed by atoms with E-state index in [1.165, 1.54) is 17.8 Å². The second kappa shape index (κ2) is 2.54. The third kappa shape index (κ3) is 1.26. The van der Waals surface area contributed by atoms with Crippen molar-refractivity contribution in [2.45, 2.75) is 6.43 Å². The van der Waals surface area contributed by atoms with Gasteiger partial charge < -0.3 is 4.57 Å². The molecule has 0 N–H and O–H groups in total. The molecule has 0 spiro atoms. The first-order chi connectivity index (χ1) is 4.61. The Morgan fingerprint density at radius 3 is 2.50 bits per heavy atom. The number of imidazole rings is 1. The van der Waals surface area contributed by atoms with Gasteiger partial charge in [0.15, 0.2) is 5.82 Å². The summed E-state index contributed by atoms with van der Waals surface area (Å²) in [6, 6.07) is 0. The van der Waals surface area contributed by atoms with Gasteiger partial charge >= 0.3 is 0 Å². The lowest BCUT2D eigenvalue weighted by Crippen LogP contribution is -1.96. The molecule has 0 aliphatic heterocycles. The van der Waals surface area contributed by atoms with Gasteiger partial charge in [0.05, 0.1) is 0 Å². The van der Waals surface area contributed by atoms with Gasteiger partial charge in [-0.2, -0.15) is 0 Å². The van der Waals surface area contributed by atoms with E-state index in [1.807, 2.05) is 0 Å². The highest BCUT2D eigenvalue weighted by atomic mass is 35.5. The number of alkyl halides is 2. The number of nitrogens with zero attached hydrogens (tertiary/aromatic N) is 2. The predicted octanol–water partition coefficient (Wildman–Crippen LogP) is 2.01. The molecule has 0 fully saturated rings. The van der Waals surface area contributed by atoms with Crippen LogP contribution in [0.25, 0.3) is 0 Å². The molecule has 0 aliphatic rings. The summed E-state index contributed by atoms with van der Waals surface area (Å²) in [6.45, 7) is 0. The molecule has 5 heteroatoms. The normalized spacial score (nSPS) is 10.9. The highest BCUT2D eigenvalue weighted by Gasteiger charge is 2.13. The van der Waals surface area contributed by atoms with Crippen molar-refractivity contribution < 1.29 is 8.78 Å². The number of hydrogen-bond acceptors (Lipinski definition) is 1. The molecule has 1 heterocycles. The summed E-state index contributed by atoms with van der Waals surface area (Å²) in [6.07, 6.45) is -1.22. The lowest BCUT2D eigenvalue weighted by Gasteiger charge is -1.96. The zero-order chi connectivity index (χ0) is 7.72. The summed E-state index contributed by atoms with van der Waals surface area (Å²) in [5.74, 6) is -0.301. The molecule has 2 nitrogen and oxygen atoms in total. The van der Waals surface area contributed by atoms with Crippen LogP contribution in [-0.4, -0.2) is 9.55 Å². The first-order valence-corrected chi connectivity index (χ1v) is 2.96. The third-order valence-corrected chi connectivity index (χ3v) is 1.26. The van der Waals surface area contributed by atoms with Gasteiger partial charge in [-0.1, -0.05) is 11.6 Å². The molecule has 56 valence electrons. The fourth-order valence-electron chi connectivity index (χ4n) is 0.646. The van der Waals surface area contributed by atoms with Crippen LogP contribution in [0.1, 0.15) is 12.2 Å². The molecule has 1 aromatic heterocycles. The fourth-order valence-corrected chi connectivity index (χ4v) is 0.879. The van der Waals surface area contributed by atoms with Crippen LogP contribution >= 0.6 is 11.6 Å². The van der Waals surface area contributed by atoms with Gasteiger partial charge in [-0.25, -0.2) is 13.8 Å². The summed E-state index contributed by atoms with van der Waals surface area (Å²) in [7, 11) is 1.47. The highest BCUT2D eigenvalue weighted by molar-refractivity contribution is 6.29. The Morgan fingerprint density at radius 2 is 2.30 bits per heavy atom.